The number of hydrogen-bond donors (Lipinski definition) is 3. The van der Waals surface area contributed by atoms with E-state index in [0.29, 0.717) is 34.2 Å². The molecule has 192 valence electrons. The minimum Gasteiger partial charge on any atom is -0.491 e. The van der Waals surface area contributed by atoms with E-state index >= 15 is 0 Å². The molecule has 0 saturated carbocycles. The Morgan fingerprint density at radius 1 is 1.00 bits per heavy atom. The van der Waals surface area contributed by atoms with E-state index in [1.807, 2.05) is 0 Å². The summed E-state index contributed by atoms with van der Waals surface area (Å²) in [5.41, 5.74) is 0.812. The average Bonchev–Trinajstić information content (AvgIpc) is 3.37. The van der Waals surface area contributed by atoms with Crippen molar-refractivity contribution in [3.05, 3.63) is 90.5 Å². The van der Waals surface area contributed by atoms with Crippen LogP contribution in [0.15, 0.2) is 84.9 Å². The van der Waals surface area contributed by atoms with E-state index in [4.69, 9.17) is 23.7 Å². The average molecular weight is 507 g/mol. The molecular weight excluding hydrogens is 482 g/mol. The van der Waals surface area contributed by atoms with Crippen LogP contribution in [0.25, 0.3) is 0 Å². The SMILES string of the molecule is O=C(O)/C=C/[C@H](Oc1ccccc1)[C@@H](OC(=O)Nc1ccc2c(c1)OCO2)c1ccccc1OCCO. The first kappa shape index (κ1) is 25.4. The minimum absolute atomic E-state index is 0.00228. The van der Waals surface area contributed by atoms with Crippen LogP contribution in [0.4, 0.5) is 10.5 Å². The third-order valence-corrected chi connectivity index (χ3v) is 5.17. The van der Waals surface area contributed by atoms with Gasteiger partial charge in [0, 0.05) is 23.4 Å². The first-order chi connectivity index (χ1) is 18.0. The predicted octanol–water partition coefficient (Wildman–Crippen LogP) is 4.16. The minimum atomic E-state index is -1.20. The molecule has 1 heterocycles. The molecule has 1 aliphatic rings. The summed E-state index contributed by atoms with van der Waals surface area (Å²) < 4.78 is 28.2. The Bertz CT molecular complexity index is 1250. The molecule has 0 saturated heterocycles. The van der Waals surface area contributed by atoms with Gasteiger partial charge in [-0.15, -0.1) is 0 Å². The van der Waals surface area contributed by atoms with Gasteiger partial charge in [0.1, 0.15) is 18.1 Å². The number of hydrogen-bond acceptors (Lipinski definition) is 8. The van der Waals surface area contributed by atoms with Gasteiger partial charge in [0.2, 0.25) is 6.79 Å². The Balaban J connectivity index is 1.66. The fourth-order valence-corrected chi connectivity index (χ4v) is 3.58. The van der Waals surface area contributed by atoms with Crippen LogP contribution >= 0.6 is 0 Å². The van der Waals surface area contributed by atoms with Crippen LogP contribution in [0, 0.1) is 0 Å². The predicted molar refractivity (Wildman–Crippen MR) is 132 cm³/mol. The lowest BCUT2D eigenvalue weighted by molar-refractivity contribution is -0.131. The number of fused-ring (bicyclic) bond motifs is 1. The van der Waals surface area contributed by atoms with Crippen molar-refractivity contribution in [3.63, 3.8) is 0 Å². The summed E-state index contributed by atoms with van der Waals surface area (Å²) in [5, 5.41) is 21.2. The zero-order chi connectivity index (χ0) is 26.0. The lowest BCUT2D eigenvalue weighted by atomic mass is 10.0. The number of aliphatic carboxylic acids is 1. The molecule has 3 N–H and O–H groups in total. The molecule has 0 aromatic heterocycles. The van der Waals surface area contributed by atoms with Gasteiger partial charge in [0.05, 0.1) is 6.61 Å². The van der Waals surface area contributed by atoms with E-state index in [-0.39, 0.29) is 20.0 Å². The van der Waals surface area contributed by atoms with Gasteiger partial charge in [-0.25, -0.2) is 9.59 Å². The number of nitrogens with one attached hydrogen (secondary N) is 1. The molecule has 1 amide bonds. The third kappa shape index (κ3) is 6.92. The summed E-state index contributed by atoms with van der Waals surface area (Å²) in [7, 11) is 0. The number of carboxylic acid groups (broad SMARTS) is 1. The Morgan fingerprint density at radius 3 is 2.54 bits per heavy atom. The van der Waals surface area contributed by atoms with Crippen LogP contribution in [0.2, 0.25) is 0 Å². The van der Waals surface area contributed by atoms with Crippen molar-refractivity contribution in [3.8, 4) is 23.0 Å². The Morgan fingerprint density at radius 2 is 1.76 bits per heavy atom. The van der Waals surface area contributed by atoms with Crippen LogP contribution in [0.5, 0.6) is 23.0 Å². The van der Waals surface area contributed by atoms with E-state index in [1.54, 1.807) is 72.8 Å². The highest BCUT2D eigenvalue weighted by Crippen LogP contribution is 2.36. The molecule has 0 radical (unpaired) electrons. The molecule has 2 atom stereocenters. The first-order valence-electron chi connectivity index (χ1n) is 11.4. The second kappa shape index (κ2) is 12.3. The maximum absolute atomic E-state index is 13.0. The number of aliphatic hydroxyl groups excluding tert-OH is 1. The summed E-state index contributed by atoms with van der Waals surface area (Å²) in [6.45, 7) is -0.139. The van der Waals surface area contributed by atoms with Crippen molar-refractivity contribution in [2.45, 2.75) is 12.2 Å². The number of aliphatic hydroxyl groups is 1. The normalized spacial score (nSPS) is 13.5. The highest BCUT2D eigenvalue weighted by molar-refractivity contribution is 5.85. The number of carboxylic acids is 1. The summed E-state index contributed by atoms with van der Waals surface area (Å²) in [6, 6.07) is 20.3. The molecule has 10 nitrogen and oxygen atoms in total. The molecule has 0 spiro atoms. The van der Waals surface area contributed by atoms with Crippen molar-refractivity contribution < 1.29 is 43.5 Å². The van der Waals surface area contributed by atoms with Gasteiger partial charge in [0.15, 0.2) is 23.7 Å². The van der Waals surface area contributed by atoms with Crippen molar-refractivity contribution in [1.82, 2.24) is 0 Å². The van der Waals surface area contributed by atoms with Crippen molar-refractivity contribution >= 4 is 17.7 Å². The fourth-order valence-electron chi connectivity index (χ4n) is 3.58. The molecule has 0 bridgehead atoms. The van der Waals surface area contributed by atoms with E-state index in [0.717, 1.165) is 6.08 Å². The maximum Gasteiger partial charge on any atom is 0.412 e. The number of anilines is 1. The number of rotatable bonds is 11. The molecule has 0 aliphatic carbocycles. The lowest BCUT2D eigenvalue weighted by Crippen LogP contribution is -2.30. The lowest BCUT2D eigenvalue weighted by Gasteiger charge is -2.27. The number of benzene rings is 3. The van der Waals surface area contributed by atoms with Gasteiger partial charge in [0.25, 0.3) is 0 Å². The second-order valence-electron chi connectivity index (χ2n) is 7.72. The summed E-state index contributed by atoms with van der Waals surface area (Å²) in [5.74, 6) is 0.604. The number of para-hydroxylation sites is 2. The molecule has 0 fully saturated rings. The monoisotopic (exact) mass is 507 g/mol. The Labute approximate surface area is 212 Å². The zero-order valence-corrected chi connectivity index (χ0v) is 19.6. The topological polar surface area (TPSA) is 133 Å². The fraction of sp³-hybridized carbons (Fsp3) is 0.185. The van der Waals surface area contributed by atoms with Crippen molar-refractivity contribution in [2.75, 3.05) is 25.3 Å². The van der Waals surface area contributed by atoms with Crippen LogP contribution in [-0.4, -0.2) is 48.4 Å². The van der Waals surface area contributed by atoms with Crippen LogP contribution < -0.4 is 24.3 Å². The molecule has 1 aliphatic heterocycles. The Kier molecular flexibility index (Phi) is 8.45. The van der Waals surface area contributed by atoms with Gasteiger partial charge in [-0.2, -0.15) is 0 Å². The standard InChI is InChI=1S/C27H25NO9/c29-14-15-33-21-9-5-4-8-20(21)26(23(12-13-25(30)31)36-19-6-2-1-3-7-19)37-27(32)28-18-10-11-22-24(16-18)35-17-34-22/h1-13,16,23,26,29H,14-15,17H2,(H,28,32)(H,30,31)/b13-12+/t23-,26-/m0/s1. The third-order valence-electron chi connectivity index (χ3n) is 5.17. The smallest absolute Gasteiger partial charge is 0.412 e. The first-order valence-corrected chi connectivity index (χ1v) is 11.4. The zero-order valence-electron chi connectivity index (χ0n) is 19.6. The van der Waals surface area contributed by atoms with Gasteiger partial charge in [-0.05, 0) is 36.4 Å². The Hall–Kier alpha value is -4.70. The van der Waals surface area contributed by atoms with E-state index in [2.05, 4.69) is 5.32 Å². The van der Waals surface area contributed by atoms with Gasteiger partial charge < -0.3 is 33.9 Å². The molecule has 0 unspecified atom stereocenters. The van der Waals surface area contributed by atoms with E-state index < -0.39 is 24.3 Å². The number of carbonyl (C=O) groups is 2. The second-order valence-corrected chi connectivity index (χ2v) is 7.72. The molecule has 37 heavy (non-hydrogen) atoms. The van der Waals surface area contributed by atoms with Crippen molar-refractivity contribution in [2.24, 2.45) is 0 Å². The molecule has 10 heteroatoms. The van der Waals surface area contributed by atoms with E-state index in [1.165, 1.54) is 6.08 Å². The van der Waals surface area contributed by atoms with Crippen LogP contribution in [0.1, 0.15) is 11.7 Å². The largest absolute Gasteiger partial charge is 0.491 e. The number of ether oxygens (including phenoxy) is 5. The van der Waals surface area contributed by atoms with Crippen LogP contribution in [0.3, 0.4) is 0 Å². The summed E-state index contributed by atoms with van der Waals surface area (Å²) >= 11 is 0. The molecule has 3 aromatic rings. The summed E-state index contributed by atoms with van der Waals surface area (Å²) in [6.07, 6.45) is -0.820. The highest BCUT2D eigenvalue weighted by Gasteiger charge is 2.30. The number of amides is 1. The van der Waals surface area contributed by atoms with Crippen molar-refractivity contribution in [1.29, 1.82) is 0 Å². The van der Waals surface area contributed by atoms with Crippen LogP contribution in [-0.2, 0) is 9.53 Å². The maximum atomic E-state index is 13.0. The molecule has 4 rings (SSSR count). The highest BCUT2D eigenvalue weighted by atomic mass is 16.7. The molecular formula is C27H25NO9. The van der Waals surface area contributed by atoms with Gasteiger partial charge in [-0.3, -0.25) is 5.32 Å². The van der Waals surface area contributed by atoms with Gasteiger partial charge in [-0.1, -0.05) is 36.4 Å². The quantitative estimate of drug-likeness (QED) is 0.327. The summed E-state index contributed by atoms with van der Waals surface area (Å²) in [4.78, 5) is 24.4. The van der Waals surface area contributed by atoms with Gasteiger partial charge >= 0.3 is 12.1 Å². The molecule has 3 aromatic carbocycles. The number of carbonyl (C=O) groups excluding carboxylic acids is 1. The van der Waals surface area contributed by atoms with E-state index in [9.17, 15) is 19.8 Å².